The van der Waals surface area contributed by atoms with Crippen molar-refractivity contribution in [2.24, 2.45) is 0 Å². The molecule has 6 nitrogen and oxygen atoms in total. The van der Waals surface area contributed by atoms with Crippen molar-refractivity contribution in [1.29, 1.82) is 0 Å². The Morgan fingerprint density at radius 1 is 1.07 bits per heavy atom. The Hall–Kier alpha value is -2.93. The molecule has 0 spiro atoms. The van der Waals surface area contributed by atoms with Crippen molar-refractivity contribution in [3.8, 4) is 5.69 Å². The van der Waals surface area contributed by atoms with E-state index in [-0.39, 0.29) is 11.8 Å². The predicted molar refractivity (Wildman–Crippen MR) is 119 cm³/mol. The smallest absolute Gasteiger partial charge is 0.264 e. The number of piperidine rings is 1. The summed E-state index contributed by atoms with van der Waals surface area (Å²) in [5.41, 5.74) is 3.69. The molecule has 0 bridgehead atoms. The normalized spacial score (nSPS) is 16.5. The van der Waals surface area contributed by atoms with Crippen LogP contribution in [0.2, 0.25) is 0 Å². The topological polar surface area (TPSA) is 67.2 Å². The van der Waals surface area contributed by atoms with Crippen LogP contribution in [0.5, 0.6) is 0 Å². The number of amides is 2. The maximum absolute atomic E-state index is 13.0. The Kier molecular flexibility index (Phi) is 5.72. The fourth-order valence-electron chi connectivity index (χ4n) is 3.94. The predicted octanol–water partition coefficient (Wildman–Crippen LogP) is 4.49. The molecule has 2 aromatic heterocycles. The molecular formula is C23H26N4O2S. The Morgan fingerprint density at radius 3 is 2.47 bits per heavy atom. The van der Waals surface area contributed by atoms with Gasteiger partial charge in [0.05, 0.1) is 16.3 Å². The Labute approximate surface area is 180 Å². The van der Waals surface area contributed by atoms with E-state index in [9.17, 15) is 9.59 Å². The molecule has 0 radical (unpaired) electrons. The first-order valence-electron chi connectivity index (χ1n) is 10.2. The van der Waals surface area contributed by atoms with E-state index in [2.05, 4.69) is 10.4 Å². The summed E-state index contributed by atoms with van der Waals surface area (Å²) in [7, 11) is 0. The van der Waals surface area contributed by atoms with E-state index in [0.717, 1.165) is 40.5 Å². The number of hydrogen-bond donors (Lipinski definition) is 1. The molecule has 0 unspecified atom stereocenters. The summed E-state index contributed by atoms with van der Waals surface area (Å²) in [5, 5.41) is 7.48. The van der Waals surface area contributed by atoms with Crippen LogP contribution < -0.4 is 5.32 Å². The molecule has 4 rings (SSSR count). The molecule has 156 valence electrons. The van der Waals surface area contributed by atoms with Crippen LogP contribution in [0.15, 0.2) is 42.5 Å². The van der Waals surface area contributed by atoms with Gasteiger partial charge in [-0.2, -0.15) is 5.10 Å². The fraction of sp³-hybridized carbons (Fsp3) is 0.348. The number of rotatable bonds is 4. The first-order chi connectivity index (χ1) is 14.4. The summed E-state index contributed by atoms with van der Waals surface area (Å²) in [6, 6.07) is 13.0. The molecule has 1 aromatic carbocycles. The number of aryl methyl sites for hydroxylation is 3. The Morgan fingerprint density at radius 2 is 1.83 bits per heavy atom. The van der Waals surface area contributed by atoms with E-state index in [4.69, 9.17) is 0 Å². The quantitative estimate of drug-likeness (QED) is 0.673. The Balaban J connectivity index is 1.47. The lowest BCUT2D eigenvalue weighted by Crippen LogP contribution is -2.49. The molecule has 2 amide bonds. The van der Waals surface area contributed by atoms with Crippen LogP contribution in [0, 0.1) is 20.8 Å². The number of carbonyl (C=O) groups is 2. The first-order valence-corrected chi connectivity index (χ1v) is 11.1. The van der Waals surface area contributed by atoms with Crippen LogP contribution in [0.1, 0.15) is 45.2 Å². The van der Waals surface area contributed by atoms with Gasteiger partial charge < -0.3 is 10.2 Å². The second-order valence-corrected chi connectivity index (χ2v) is 9.08. The third-order valence-electron chi connectivity index (χ3n) is 5.41. The molecule has 1 saturated heterocycles. The van der Waals surface area contributed by atoms with Crippen molar-refractivity contribution in [3.05, 3.63) is 63.6 Å². The van der Waals surface area contributed by atoms with Gasteiger partial charge in [0, 0.05) is 22.8 Å². The van der Waals surface area contributed by atoms with Crippen molar-refractivity contribution in [1.82, 2.24) is 14.7 Å². The van der Waals surface area contributed by atoms with Crippen LogP contribution in [0.3, 0.4) is 0 Å². The number of benzene rings is 1. The molecule has 7 heteroatoms. The lowest BCUT2D eigenvalue weighted by Gasteiger charge is -2.34. The molecule has 1 fully saturated rings. The van der Waals surface area contributed by atoms with Crippen LogP contribution >= 0.6 is 11.3 Å². The van der Waals surface area contributed by atoms with E-state index in [0.29, 0.717) is 17.8 Å². The molecule has 1 atom stereocenters. The lowest BCUT2D eigenvalue weighted by molar-refractivity contribution is -0.121. The number of thiophene rings is 1. The first kappa shape index (κ1) is 20.3. The van der Waals surface area contributed by atoms with Gasteiger partial charge >= 0.3 is 0 Å². The van der Waals surface area contributed by atoms with Gasteiger partial charge in [-0.25, -0.2) is 4.68 Å². The standard InChI is InChI=1S/C23H26N4O2S/c1-15-14-16(2)27(25-15)19-10-8-18(9-11-19)24-22(28)20-6-4-5-13-26(20)23(29)21-12-7-17(3)30-21/h7-12,14,20H,4-6,13H2,1-3H3,(H,24,28)/t20-/m1/s1. The van der Waals surface area contributed by atoms with Crippen molar-refractivity contribution in [3.63, 3.8) is 0 Å². The number of carbonyl (C=O) groups excluding carboxylic acids is 2. The molecule has 3 aromatic rings. The van der Waals surface area contributed by atoms with E-state index in [1.807, 2.05) is 67.9 Å². The van der Waals surface area contributed by atoms with Crippen LogP contribution in [0.25, 0.3) is 5.69 Å². The molecule has 3 heterocycles. The maximum Gasteiger partial charge on any atom is 0.264 e. The van der Waals surface area contributed by atoms with Gasteiger partial charge in [-0.05, 0) is 82.5 Å². The van der Waals surface area contributed by atoms with Gasteiger partial charge in [0.25, 0.3) is 5.91 Å². The summed E-state index contributed by atoms with van der Waals surface area (Å²) in [5.74, 6) is -0.178. The monoisotopic (exact) mass is 422 g/mol. The summed E-state index contributed by atoms with van der Waals surface area (Å²) < 4.78 is 1.88. The molecular weight excluding hydrogens is 396 g/mol. The number of aromatic nitrogens is 2. The van der Waals surface area contributed by atoms with Gasteiger partial charge in [-0.15, -0.1) is 11.3 Å². The van der Waals surface area contributed by atoms with Crippen LogP contribution in [-0.4, -0.2) is 39.1 Å². The summed E-state index contributed by atoms with van der Waals surface area (Å²) in [4.78, 5) is 29.5. The van der Waals surface area contributed by atoms with Crippen molar-refractivity contribution >= 4 is 28.8 Å². The van der Waals surface area contributed by atoms with Crippen molar-refractivity contribution in [2.45, 2.75) is 46.1 Å². The maximum atomic E-state index is 13.0. The second-order valence-electron chi connectivity index (χ2n) is 7.80. The van der Waals surface area contributed by atoms with E-state index in [1.165, 1.54) is 11.3 Å². The van der Waals surface area contributed by atoms with Crippen LogP contribution in [0.4, 0.5) is 5.69 Å². The minimum absolute atomic E-state index is 0.0483. The zero-order chi connectivity index (χ0) is 21.3. The van der Waals surface area contributed by atoms with E-state index in [1.54, 1.807) is 4.90 Å². The fourth-order valence-corrected chi connectivity index (χ4v) is 4.76. The minimum atomic E-state index is -0.440. The largest absolute Gasteiger partial charge is 0.326 e. The highest BCUT2D eigenvalue weighted by atomic mass is 32.1. The summed E-state index contributed by atoms with van der Waals surface area (Å²) >= 11 is 1.48. The minimum Gasteiger partial charge on any atom is -0.326 e. The van der Waals surface area contributed by atoms with Crippen molar-refractivity contribution in [2.75, 3.05) is 11.9 Å². The van der Waals surface area contributed by atoms with Gasteiger partial charge in [0.15, 0.2) is 0 Å². The second kappa shape index (κ2) is 8.44. The molecule has 0 saturated carbocycles. The number of hydrogen-bond acceptors (Lipinski definition) is 4. The molecule has 30 heavy (non-hydrogen) atoms. The average molecular weight is 423 g/mol. The molecule has 1 aliphatic heterocycles. The number of nitrogens with zero attached hydrogens (tertiary/aromatic N) is 3. The third kappa shape index (κ3) is 4.16. The van der Waals surface area contributed by atoms with Crippen LogP contribution in [-0.2, 0) is 4.79 Å². The third-order valence-corrected chi connectivity index (χ3v) is 6.40. The number of nitrogens with one attached hydrogen (secondary N) is 1. The molecule has 0 aliphatic carbocycles. The Bertz CT molecular complexity index is 1070. The average Bonchev–Trinajstić information content (AvgIpc) is 3.32. The highest BCUT2D eigenvalue weighted by Crippen LogP contribution is 2.25. The number of likely N-dealkylation sites (tertiary alicyclic amines) is 1. The summed E-state index contributed by atoms with van der Waals surface area (Å²) in [6.07, 6.45) is 2.56. The van der Waals surface area contributed by atoms with Gasteiger partial charge in [0.2, 0.25) is 5.91 Å². The SMILES string of the molecule is Cc1cc(C)n(-c2ccc(NC(=O)[C@H]3CCCCN3C(=O)c3ccc(C)s3)cc2)n1. The molecule has 1 aliphatic rings. The highest BCUT2D eigenvalue weighted by Gasteiger charge is 2.33. The van der Waals surface area contributed by atoms with Gasteiger partial charge in [-0.3, -0.25) is 9.59 Å². The van der Waals surface area contributed by atoms with Crippen molar-refractivity contribution < 1.29 is 9.59 Å². The summed E-state index contributed by atoms with van der Waals surface area (Å²) in [6.45, 7) is 6.58. The van der Waals surface area contributed by atoms with Gasteiger partial charge in [-0.1, -0.05) is 0 Å². The molecule has 1 N–H and O–H groups in total. The lowest BCUT2D eigenvalue weighted by atomic mass is 10.0. The zero-order valence-corrected chi connectivity index (χ0v) is 18.3. The zero-order valence-electron chi connectivity index (χ0n) is 17.5. The van der Waals surface area contributed by atoms with Gasteiger partial charge in [0.1, 0.15) is 6.04 Å². The number of anilines is 1. The van der Waals surface area contributed by atoms with E-state index < -0.39 is 6.04 Å². The van der Waals surface area contributed by atoms with E-state index >= 15 is 0 Å². The highest BCUT2D eigenvalue weighted by molar-refractivity contribution is 7.13.